The summed E-state index contributed by atoms with van der Waals surface area (Å²) in [5.74, 6) is -0.0217. The average molecular weight is 564 g/mol. The van der Waals surface area contributed by atoms with E-state index in [2.05, 4.69) is 19.9 Å². The first kappa shape index (κ1) is 26.8. The minimum Gasteiger partial charge on any atom is -0.462 e. The first-order valence-electron chi connectivity index (χ1n) is 13.4. The molecule has 1 amide bonds. The van der Waals surface area contributed by atoms with Crippen molar-refractivity contribution in [2.45, 2.75) is 32.5 Å². The summed E-state index contributed by atoms with van der Waals surface area (Å²) in [6.07, 6.45) is -2.72. The molecule has 2 unspecified atom stereocenters. The van der Waals surface area contributed by atoms with E-state index in [4.69, 9.17) is 4.74 Å². The van der Waals surface area contributed by atoms with Gasteiger partial charge in [0.1, 0.15) is 11.2 Å². The maximum atomic E-state index is 14.4. The van der Waals surface area contributed by atoms with Crippen molar-refractivity contribution in [3.63, 3.8) is 0 Å². The number of halogens is 3. The fraction of sp³-hybridized carbons (Fsp3) is 0.333. The van der Waals surface area contributed by atoms with Crippen molar-refractivity contribution in [3.05, 3.63) is 83.6 Å². The second kappa shape index (κ2) is 9.90. The summed E-state index contributed by atoms with van der Waals surface area (Å²) in [5.41, 5.74) is 0.537. The highest BCUT2D eigenvalue weighted by atomic mass is 19.4. The highest BCUT2D eigenvalue weighted by molar-refractivity contribution is 6.20. The highest BCUT2D eigenvalue weighted by Crippen LogP contribution is 2.49. The van der Waals surface area contributed by atoms with Crippen LogP contribution in [0.15, 0.2) is 72.0 Å². The van der Waals surface area contributed by atoms with E-state index in [1.54, 1.807) is 44.3 Å². The lowest BCUT2D eigenvalue weighted by Gasteiger charge is -2.53. The molecule has 0 saturated carbocycles. The standard InChI is InChI=1S/C30H28F3N5O3/c1-3-41-27(39)20-7-10-23(11-8-20)38-28(40)29(19(2)35-38)17-21-16-22(30(31,32)33)9-12-24(21)37-15-14-36(18-25(29)37)26-6-4-5-13-34-26/h4-13,16,25H,3,14-15,17-18H2,1-2H3. The van der Waals surface area contributed by atoms with Crippen LogP contribution in [-0.4, -0.2) is 54.9 Å². The molecule has 2 aromatic carbocycles. The van der Waals surface area contributed by atoms with E-state index in [1.807, 2.05) is 18.2 Å². The van der Waals surface area contributed by atoms with Crippen molar-refractivity contribution in [2.24, 2.45) is 10.5 Å². The first-order valence-corrected chi connectivity index (χ1v) is 13.4. The predicted molar refractivity (Wildman–Crippen MR) is 148 cm³/mol. The van der Waals surface area contributed by atoms with E-state index in [0.717, 1.165) is 18.0 Å². The molecule has 2 atom stereocenters. The van der Waals surface area contributed by atoms with Crippen LogP contribution >= 0.6 is 0 Å². The molecular formula is C30H28F3N5O3. The minimum absolute atomic E-state index is 0.0784. The number of amides is 1. The third-order valence-electron chi connectivity index (χ3n) is 8.20. The van der Waals surface area contributed by atoms with Crippen LogP contribution < -0.4 is 14.8 Å². The van der Waals surface area contributed by atoms with Gasteiger partial charge in [0.15, 0.2) is 0 Å². The fourth-order valence-corrected chi connectivity index (χ4v) is 6.19. The van der Waals surface area contributed by atoms with Gasteiger partial charge in [-0.25, -0.2) is 9.78 Å². The number of fused-ring (bicyclic) bond motifs is 4. The molecule has 212 valence electrons. The van der Waals surface area contributed by atoms with E-state index in [9.17, 15) is 22.8 Å². The Balaban J connectivity index is 1.41. The predicted octanol–water partition coefficient (Wildman–Crippen LogP) is 4.94. The number of piperazine rings is 1. The molecule has 6 rings (SSSR count). The normalized spacial score (nSPS) is 22.0. The van der Waals surface area contributed by atoms with Crippen LogP contribution in [-0.2, 0) is 22.1 Å². The summed E-state index contributed by atoms with van der Waals surface area (Å²) in [7, 11) is 0. The van der Waals surface area contributed by atoms with Gasteiger partial charge in [0.2, 0.25) is 0 Å². The van der Waals surface area contributed by atoms with E-state index < -0.39 is 29.2 Å². The Hall–Kier alpha value is -4.41. The van der Waals surface area contributed by atoms with Gasteiger partial charge in [-0.1, -0.05) is 6.07 Å². The topological polar surface area (TPSA) is 78.3 Å². The molecule has 3 aromatic rings. The maximum absolute atomic E-state index is 14.4. The van der Waals surface area contributed by atoms with Crippen LogP contribution in [0.25, 0.3) is 0 Å². The minimum atomic E-state index is -4.51. The number of rotatable bonds is 4. The van der Waals surface area contributed by atoms with E-state index >= 15 is 0 Å². The van der Waals surface area contributed by atoms with E-state index in [0.29, 0.717) is 47.8 Å². The number of hydrazone groups is 1. The Kier molecular flexibility index (Phi) is 6.47. The fourth-order valence-electron chi connectivity index (χ4n) is 6.19. The van der Waals surface area contributed by atoms with Gasteiger partial charge in [-0.15, -0.1) is 0 Å². The quantitative estimate of drug-likeness (QED) is 0.419. The molecule has 0 bridgehead atoms. The third kappa shape index (κ3) is 4.39. The second-order valence-electron chi connectivity index (χ2n) is 10.4. The number of carbonyl (C=O) groups is 2. The Bertz CT molecular complexity index is 1530. The Morgan fingerprint density at radius 3 is 2.56 bits per heavy atom. The zero-order chi connectivity index (χ0) is 28.9. The molecule has 1 saturated heterocycles. The smallest absolute Gasteiger partial charge is 0.416 e. The van der Waals surface area contributed by atoms with Crippen molar-refractivity contribution >= 4 is 34.8 Å². The number of nitrogens with zero attached hydrogens (tertiary/aromatic N) is 5. The molecule has 3 aliphatic rings. The van der Waals surface area contributed by atoms with Gasteiger partial charge in [-0.2, -0.15) is 23.3 Å². The van der Waals surface area contributed by atoms with Crippen molar-refractivity contribution in [3.8, 4) is 0 Å². The maximum Gasteiger partial charge on any atom is 0.416 e. The summed E-state index contributed by atoms with van der Waals surface area (Å²) in [6.45, 7) is 5.24. The molecule has 3 aliphatic heterocycles. The molecule has 1 spiro atoms. The number of carbonyl (C=O) groups excluding carboxylic acids is 2. The van der Waals surface area contributed by atoms with E-state index in [-0.39, 0.29) is 18.9 Å². The second-order valence-corrected chi connectivity index (χ2v) is 10.4. The Morgan fingerprint density at radius 2 is 1.88 bits per heavy atom. The van der Waals surface area contributed by atoms with E-state index in [1.165, 1.54) is 11.1 Å². The number of benzene rings is 2. The van der Waals surface area contributed by atoms with Crippen LogP contribution in [0.3, 0.4) is 0 Å². The van der Waals surface area contributed by atoms with Crippen LogP contribution in [0, 0.1) is 5.41 Å². The largest absolute Gasteiger partial charge is 0.462 e. The number of anilines is 3. The molecule has 0 aliphatic carbocycles. The lowest BCUT2D eigenvalue weighted by molar-refractivity contribution is -0.137. The molecule has 1 fully saturated rings. The number of alkyl halides is 3. The number of pyridine rings is 1. The molecular weight excluding hydrogens is 535 g/mol. The monoisotopic (exact) mass is 563 g/mol. The van der Waals surface area contributed by atoms with Crippen LogP contribution in [0.2, 0.25) is 0 Å². The van der Waals surface area contributed by atoms with Gasteiger partial charge in [0.25, 0.3) is 5.91 Å². The number of hydrogen-bond donors (Lipinski definition) is 0. The van der Waals surface area contributed by atoms with Crippen molar-refractivity contribution in [1.82, 2.24) is 4.98 Å². The summed E-state index contributed by atoms with van der Waals surface area (Å²) in [4.78, 5) is 35.2. The number of ether oxygens (including phenoxy) is 1. The molecule has 8 nitrogen and oxygen atoms in total. The van der Waals surface area contributed by atoms with Gasteiger partial charge in [0.05, 0.1) is 35.2 Å². The summed E-state index contributed by atoms with van der Waals surface area (Å²) in [5, 5.41) is 5.97. The summed E-state index contributed by atoms with van der Waals surface area (Å²) >= 11 is 0. The van der Waals surface area contributed by atoms with Gasteiger partial charge in [-0.05, 0) is 80.4 Å². The average Bonchev–Trinajstić information content (AvgIpc) is 3.22. The van der Waals surface area contributed by atoms with Crippen molar-refractivity contribution in [2.75, 3.05) is 41.0 Å². The Labute approximate surface area is 235 Å². The number of aromatic nitrogens is 1. The lowest BCUT2D eigenvalue weighted by atomic mass is 9.67. The summed E-state index contributed by atoms with van der Waals surface area (Å²) in [6, 6.07) is 15.4. The van der Waals surface area contributed by atoms with Crippen LogP contribution in [0.1, 0.15) is 35.3 Å². The Morgan fingerprint density at radius 1 is 1.10 bits per heavy atom. The number of esters is 1. The molecule has 4 heterocycles. The number of hydrogen-bond acceptors (Lipinski definition) is 7. The lowest BCUT2D eigenvalue weighted by Crippen LogP contribution is -2.67. The van der Waals surface area contributed by atoms with Gasteiger partial charge in [0, 0.05) is 31.5 Å². The first-order chi connectivity index (χ1) is 19.6. The highest BCUT2D eigenvalue weighted by Gasteiger charge is 2.60. The van der Waals surface area contributed by atoms with Gasteiger partial charge in [-0.3, -0.25) is 4.79 Å². The molecule has 1 aromatic heterocycles. The molecule has 0 radical (unpaired) electrons. The summed E-state index contributed by atoms with van der Waals surface area (Å²) < 4.78 is 46.2. The zero-order valence-corrected chi connectivity index (χ0v) is 22.6. The van der Waals surface area contributed by atoms with Crippen LogP contribution in [0.4, 0.5) is 30.4 Å². The van der Waals surface area contributed by atoms with Crippen molar-refractivity contribution in [1.29, 1.82) is 0 Å². The zero-order valence-electron chi connectivity index (χ0n) is 22.6. The van der Waals surface area contributed by atoms with Gasteiger partial charge < -0.3 is 14.5 Å². The molecule has 41 heavy (non-hydrogen) atoms. The van der Waals surface area contributed by atoms with Gasteiger partial charge >= 0.3 is 12.1 Å². The molecule has 0 N–H and O–H groups in total. The SMILES string of the molecule is CCOC(=O)c1ccc(N2N=C(C)C3(Cc4cc(C(F)(F)F)ccc4N4CCN(c5ccccn5)CC43)C2=O)cc1. The molecule has 11 heteroatoms. The van der Waals surface area contributed by atoms with Crippen molar-refractivity contribution < 1.29 is 27.5 Å². The third-order valence-corrected chi connectivity index (χ3v) is 8.20. The van der Waals surface area contributed by atoms with Crippen LogP contribution in [0.5, 0.6) is 0 Å².